The summed E-state index contributed by atoms with van der Waals surface area (Å²) in [6, 6.07) is 0. The van der Waals surface area contributed by atoms with Gasteiger partial charge in [-0.15, -0.1) is 0 Å². The molecule has 5 nitrogen and oxygen atoms in total. The maximum atomic E-state index is 10.6. The molecule has 0 aromatic carbocycles. The van der Waals surface area contributed by atoms with Gasteiger partial charge in [-0.25, -0.2) is 9.97 Å². The van der Waals surface area contributed by atoms with Crippen LogP contribution in [0.25, 0.3) is 0 Å². The maximum Gasteiger partial charge on any atom is 0.237 e. The fourth-order valence-corrected chi connectivity index (χ4v) is 0.887. The van der Waals surface area contributed by atoms with Crippen LogP contribution in [0.3, 0.4) is 0 Å². The normalized spacial score (nSPS) is 9.69. The van der Waals surface area contributed by atoms with Crippen LogP contribution >= 0.6 is 0 Å². The van der Waals surface area contributed by atoms with Gasteiger partial charge in [0.05, 0.1) is 6.54 Å². The summed E-state index contributed by atoms with van der Waals surface area (Å²) < 4.78 is 0. The minimum absolute atomic E-state index is 0.128. The molecule has 0 atom stereocenters. The average molecular weight is 180 g/mol. The zero-order valence-electron chi connectivity index (χ0n) is 7.69. The number of nitrogens with zero attached hydrogens (tertiary/aromatic N) is 3. The summed E-state index contributed by atoms with van der Waals surface area (Å²) in [6.07, 6.45) is 3.39. The van der Waals surface area contributed by atoms with Crippen molar-refractivity contribution in [2.45, 2.75) is 6.92 Å². The molecule has 0 spiro atoms. The minimum atomic E-state index is -0.397. The molecular weight excluding hydrogens is 168 g/mol. The second-order valence-electron chi connectivity index (χ2n) is 2.88. The monoisotopic (exact) mass is 180 g/mol. The topological polar surface area (TPSA) is 72.1 Å². The summed E-state index contributed by atoms with van der Waals surface area (Å²) in [6.45, 7) is 2.03. The van der Waals surface area contributed by atoms with E-state index in [1.54, 1.807) is 24.3 Å². The van der Waals surface area contributed by atoms with E-state index in [1.165, 1.54) is 0 Å². The Hall–Kier alpha value is -1.65. The Morgan fingerprint density at radius 1 is 1.54 bits per heavy atom. The summed E-state index contributed by atoms with van der Waals surface area (Å²) in [7, 11) is 1.72. The van der Waals surface area contributed by atoms with E-state index in [0.29, 0.717) is 5.95 Å². The second-order valence-corrected chi connectivity index (χ2v) is 2.88. The first-order valence-corrected chi connectivity index (χ1v) is 3.87. The van der Waals surface area contributed by atoms with Gasteiger partial charge in [-0.05, 0) is 12.5 Å². The van der Waals surface area contributed by atoms with Gasteiger partial charge in [-0.2, -0.15) is 0 Å². The van der Waals surface area contributed by atoms with E-state index in [1.807, 2.05) is 6.92 Å². The van der Waals surface area contributed by atoms with Crippen molar-refractivity contribution in [2.24, 2.45) is 5.73 Å². The van der Waals surface area contributed by atoms with Crippen LogP contribution in [0.4, 0.5) is 5.95 Å². The number of rotatable bonds is 3. The molecule has 1 aromatic rings. The highest BCUT2D eigenvalue weighted by molar-refractivity contribution is 5.78. The SMILES string of the molecule is Cc1cnc(N(C)CC(N)=O)nc1. The van der Waals surface area contributed by atoms with Gasteiger partial charge in [-0.3, -0.25) is 4.79 Å². The fourth-order valence-electron chi connectivity index (χ4n) is 0.887. The third-order valence-corrected chi connectivity index (χ3v) is 1.50. The number of primary amides is 1. The number of carbonyl (C=O) groups excluding carboxylic acids is 1. The van der Waals surface area contributed by atoms with E-state index < -0.39 is 5.91 Å². The summed E-state index contributed by atoms with van der Waals surface area (Å²) in [5.74, 6) is 0.107. The molecule has 0 saturated heterocycles. The molecule has 0 aliphatic carbocycles. The summed E-state index contributed by atoms with van der Waals surface area (Å²) >= 11 is 0. The van der Waals surface area contributed by atoms with E-state index in [9.17, 15) is 4.79 Å². The van der Waals surface area contributed by atoms with E-state index in [-0.39, 0.29) is 6.54 Å². The van der Waals surface area contributed by atoms with Crippen LogP contribution in [-0.4, -0.2) is 29.5 Å². The highest BCUT2D eigenvalue weighted by Gasteiger charge is 2.05. The standard InChI is InChI=1S/C8H12N4O/c1-6-3-10-8(11-4-6)12(2)5-7(9)13/h3-4H,5H2,1-2H3,(H2,9,13). The van der Waals surface area contributed by atoms with Crippen molar-refractivity contribution in [1.82, 2.24) is 9.97 Å². The third-order valence-electron chi connectivity index (χ3n) is 1.50. The van der Waals surface area contributed by atoms with Crippen molar-refractivity contribution < 1.29 is 4.79 Å². The zero-order chi connectivity index (χ0) is 9.84. The smallest absolute Gasteiger partial charge is 0.237 e. The quantitative estimate of drug-likeness (QED) is 0.693. The van der Waals surface area contributed by atoms with Crippen molar-refractivity contribution in [2.75, 3.05) is 18.5 Å². The molecule has 1 amide bonds. The number of anilines is 1. The Kier molecular flexibility index (Phi) is 2.79. The van der Waals surface area contributed by atoms with Gasteiger partial charge in [0.2, 0.25) is 11.9 Å². The summed E-state index contributed by atoms with van der Waals surface area (Å²) in [5, 5.41) is 0. The molecule has 0 radical (unpaired) electrons. The molecule has 70 valence electrons. The van der Waals surface area contributed by atoms with Crippen LogP contribution < -0.4 is 10.6 Å². The van der Waals surface area contributed by atoms with Crippen LogP contribution in [0.5, 0.6) is 0 Å². The number of hydrogen-bond acceptors (Lipinski definition) is 4. The molecule has 0 aliphatic rings. The van der Waals surface area contributed by atoms with Gasteiger partial charge < -0.3 is 10.6 Å². The lowest BCUT2D eigenvalue weighted by atomic mass is 10.4. The Balaban J connectivity index is 2.71. The molecule has 0 saturated carbocycles. The molecule has 2 N–H and O–H groups in total. The number of aryl methyl sites for hydroxylation is 1. The van der Waals surface area contributed by atoms with Crippen LogP contribution in [-0.2, 0) is 4.79 Å². The van der Waals surface area contributed by atoms with Crippen molar-refractivity contribution in [1.29, 1.82) is 0 Å². The number of nitrogens with two attached hydrogens (primary N) is 1. The number of amides is 1. The van der Waals surface area contributed by atoms with Crippen molar-refractivity contribution >= 4 is 11.9 Å². The van der Waals surface area contributed by atoms with Gasteiger partial charge in [0.1, 0.15) is 0 Å². The highest BCUT2D eigenvalue weighted by Crippen LogP contribution is 2.02. The molecule has 0 bridgehead atoms. The Labute approximate surface area is 76.6 Å². The first-order valence-electron chi connectivity index (χ1n) is 3.87. The van der Waals surface area contributed by atoms with Gasteiger partial charge >= 0.3 is 0 Å². The third kappa shape index (κ3) is 2.70. The van der Waals surface area contributed by atoms with Crippen molar-refractivity contribution in [3.63, 3.8) is 0 Å². The second kappa shape index (κ2) is 3.84. The zero-order valence-corrected chi connectivity index (χ0v) is 7.69. The predicted octanol–water partition coefficient (Wildman–Crippen LogP) is -0.293. The predicted molar refractivity (Wildman–Crippen MR) is 49.2 cm³/mol. The van der Waals surface area contributed by atoms with Gasteiger partial charge in [0, 0.05) is 19.4 Å². The lowest BCUT2D eigenvalue weighted by Gasteiger charge is -2.13. The lowest BCUT2D eigenvalue weighted by molar-refractivity contribution is -0.116. The number of likely N-dealkylation sites (N-methyl/N-ethyl adjacent to an activating group) is 1. The van der Waals surface area contributed by atoms with Crippen LogP contribution in [0.1, 0.15) is 5.56 Å². The van der Waals surface area contributed by atoms with Crippen LogP contribution in [0.2, 0.25) is 0 Å². The van der Waals surface area contributed by atoms with Crippen molar-refractivity contribution in [3.8, 4) is 0 Å². The molecule has 0 aliphatic heterocycles. The summed E-state index contributed by atoms with van der Waals surface area (Å²) in [4.78, 5) is 20.3. The Morgan fingerprint density at radius 3 is 2.54 bits per heavy atom. The van der Waals surface area contributed by atoms with E-state index in [0.717, 1.165) is 5.56 Å². The molecule has 1 rings (SSSR count). The number of aromatic nitrogens is 2. The van der Waals surface area contributed by atoms with E-state index >= 15 is 0 Å². The summed E-state index contributed by atoms with van der Waals surface area (Å²) in [5.41, 5.74) is 6.01. The molecule has 1 aromatic heterocycles. The molecule has 0 unspecified atom stereocenters. The van der Waals surface area contributed by atoms with Crippen molar-refractivity contribution in [3.05, 3.63) is 18.0 Å². The molecule has 1 heterocycles. The largest absolute Gasteiger partial charge is 0.368 e. The van der Waals surface area contributed by atoms with Gasteiger partial charge in [-0.1, -0.05) is 0 Å². The first-order chi connectivity index (χ1) is 6.09. The van der Waals surface area contributed by atoms with Crippen LogP contribution in [0, 0.1) is 6.92 Å². The number of hydrogen-bond donors (Lipinski definition) is 1. The lowest BCUT2D eigenvalue weighted by Crippen LogP contribution is -2.31. The van der Waals surface area contributed by atoms with E-state index in [2.05, 4.69) is 9.97 Å². The Morgan fingerprint density at radius 2 is 2.08 bits per heavy atom. The van der Waals surface area contributed by atoms with Crippen LogP contribution in [0.15, 0.2) is 12.4 Å². The average Bonchev–Trinajstić information content (AvgIpc) is 2.04. The first kappa shape index (κ1) is 9.44. The number of carbonyl (C=O) groups is 1. The molecule has 5 heteroatoms. The van der Waals surface area contributed by atoms with E-state index in [4.69, 9.17) is 5.73 Å². The molecule has 0 fully saturated rings. The van der Waals surface area contributed by atoms with Gasteiger partial charge in [0.15, 0.2) is 0 Å². The fraction of sp³-hybridized carbons (Fsp3) is 0.375. The molecular formula is C8H12N4O. The van der Waals surface area contributed by atoms with Gasteiger partial charge in [0.25, 0.3) is 0 Å². The maximum absolute atomic E-state index is 10.6. The minimum Gasteiger partial charge on any atom is -0.368 e. The molecule has 13 heavy (non-hydrogen) atoms. The Bertz CT molecular complexity index is 296. The highest BCUT2D eigenvalue weighted by atomic mass is 16.1.